The smallest absolute Gasteiger partial charge is 0.349 e. The molecule has 162 valence electrons. The molecule has 1 aromatic heterocycles. The first-order valence-corrected chi connectivity index (χ1v) is 9.95. The Hall–Kier alpha value is -3.40. The highest BCUT2D eigenvalue weighted by atomic mass is 35.5. The number of nitrogens with zero attached hydrogens (tertiary/aromatic N) is 2. The van der Waals surface area contributed by atoms with Crippen LogP contribution in [0.1, 0.15) is 36.0 Å². The molecule has 2 aliphatic heterocycles. The molecule has 2 fully saturated rings. The first-order chi connectivity index (χ1) is 14.7. The van der Waals surface area contributed by atoms with E-state index in [1.807, 2.05) is 0 Å². The predicted molar refractivity (Wildman–Crippen MR) is 105 cm³/mol. The number of rotatable bonds is 3. The fourth-order valence-electron chi connectivity index (χ4n) is 3.59. The van der Waals surface area contributed by atoms with Crippen molar-refractivity contribution in [1.29, 1.82) is 0 Å². The van der Waals surface area contributed by atoms with E-state index in [0.717, 1.165) is 0 Å². The molecule has 0 aliphatic carbocycles. The Morgan fingerprint density at radius 1 is 1.06 bits per heavy atom. The van der Waals surface area contributed by atoms with Crippen LogP contribution in [0.25, 0.3) is 11.0 Å². The number of likely N-dealkylation sites (tertiary alicyclic amines) is 1. The summed E-state index contributed by atoms with van der Waals surface area (Å²) in [5.41, 5.74) is -0.953. The van der Waals surface area contributed by atoms with Gasteiger partial charge in [0.05, 0.1) is 10.9 Å². The number of benzene rings is 1. The second kappa shape index (κ2) is 8.03. The number of piperidine rings is 1. The highest BCUT2D eigenvalue weighted by Crippen LogP contribution is 2.29. The van der Waals surface area contributed by atoms with Crippen LogP contribution in [-0.2, 0) is 19.2 Å². The van der Waals surface area contributed by atoms with Crippen molar-refractivity contribution in [3.05, 3.63) is 39.2 Å². The van der Waals surface area contributed by atoms with E-state index in [0.29, 0.717) is 10.4 Å². The van der Waals surface area contributed by atoms with Gasteiger partial charge in [-0.05, 0) is 25.0 Å². The van der Waals surface area contributed by atoms with Crippen LogP contribution >= 0.6 is 11.6 Å². The van der Waals surface area contributed by atoms with E-state index in [-0.39, 0.29) is 60.7 Å². The van der Waals surface area contributed by atoms with Crippen LogP contribution in [0.2, 0.25) is 5.02 Å². The number of phenolic OH excluding ortho intramolecular Hbond substituents is 1. The van der Waals surface area contributed by atoms with E-state index >= 15 is 0 Å². The van der Waals surface area contributed by atoms with Crippen LogP contribution in [0, 0.1) is 5.92 Å². The van der Waals surface area contributed by atoms with Crippen molar-refractivity contribution in [1.82, 2.24) is 9.96 Å². The van der Waals surface area contributed by atoms with Gasteiger partial charge in [-0.3, -0.25) is 14.4 Å². The SMILES string of the molecule is O=C(ON1C(=O)CCC1=O)C1CCN(C(=O)c2cc3cc(Cl)c(O)cc3oc2=O)CC1. The third-order valence-electron chi connectivity index (χ3n) is 5.33. The lowest BCUT2D eigenvalue weighted by atomic mass is 9.96. The second-order valence-electron chi connectivity index (χ2n) is 7.35. The van der Waals surface area contributed by atoms with Crippen molar-refractivity contribution in [3.63, 3.8) is 0 Å². The zero-order valence-electron chi connectivity index (χ0n) is 16.1. The van der Waals surface area contributed by atoms with E-state index in [4.69, 9.17) is 20.9 Å². The molecule has 10 nitrogen and oxygen atoms in total. The summed E-state index contributed by atoms with van der Waals surface area (Å²) in [5.74, 6) is -3.19. The minimum Gasteiger partial charge on any atom is -0.506 e. The lowest BCUT2D eigenvalue weighted by Crippen LogP contribution is -2.43. The molecule has 2 saturated heterocycles. The number of fused-ring (bicyclic) bond motifs is 1. The van der Waals surface area contributed by atoms with Crippen molar-refractivity contribution in [2.75, 3.05) is 13.1 Å². The molecule has 0 spiro atoms. The molecule has 3 amide bonds. The molecule has 2 aliphatic rings. The molecule has 0 atom stereocenters. The highest BCUT2D eigenvalue weighted by molar-refractivity contribution is 6.32. The second-order valence-corrected chi connectivity index (χ2v) is 7.75. The van der Waals surface area contributed by atoms with E-state index in [1.165, 1.54) is 23.1 Å². The monoisotopic (exact) mass is 448 g/mol. The average molecular weight is 449 g/mol. The quantitative estimate of drug-likeness (QED) is 0.552. The van der Waals surface area contributed by atoms with Gasteiger partial charge in [0.15, 0.2) is 0 Å². The van der Waals surface area contributed by atoms with Crippen molar-refractivity contribution >= 4 is 46.3 Å². The van der Waals surface area contributed by atoms with Gasteiger partial charge < -0.3 is 19.3 Å². The van der Waals surface area contributed by atoms with Gasteiger partial charge in [-0.1, -0.05) is 11.6 Å². The molecular formula is C20H17ClN2O8. The van der Waals surface area contributed by atoms with E-state index in [9.17, 15) is 29.1 Å². The normalized spacial score (nSPS) is 17.5. The van der Waals surface area contributed by atoms with Crippen LogP contribution in [0.3, 0.4) is 0 Å². The maximum atomic E-state index is 12.8. The van der Waals surface area contributed by atoms with Crippen LogP contribution < -0.4 is 5.63 Å². The number of hydrogen-bond donors (Lipinski definition) is 1. The number of carbonyl (C=O) groups is 4. The molecule has 2 aromatic rings. The van der Waals surface area contributed by atoms with E-state index in [1.54, 1.807) is 0 Å². The fraction of sp³-hybridized carbons (Fsp3) is 0.350. The van der Waals surface area contributed by atoms with E-state index in [2.05, 4.69) is 0 Å². The molecular weight excluding hydrogens is 432 g/mol. The Balaban J connectivity index is 1.43. The minimum atomic E-state index is -0.855. The summed E-state index contributed by atoms with van der Waals surface area (Å²) in [7, 11) is 0. The van der Waals surface area contributed by atoms with Gasteiger partial charge in [-0.15, -0.1) is 5.06 Å². The molecule has 1 aromatic carbocycles. The number of carbonyl (C=O) groups excluding carboxylic acids is 4. The van der Waals surface area contributed by atoms with Gasteiger partial charge >= 0.3 is 11.6 Å². The van der Waals surface area contributed by atoms with Crippen LogP contribution in [0.5, 0.6) is 5.75 Å². The van der Waals surface area contributed by atoms with Gasteiger partial charge in [0, 0.05) is 37.4 Å². The third kappa shape index (κ3) is 3.98. The van der Waals surface area contributed by atoms with Crippen LogP contribution in [0.4, 0.5) is 0 Å². The first kappa shape index (κ1) is 20.9. The number of phenols is 1. The number of halogens is 1. The molecule has 3 heterocycles. The number of hydroxylamine groups is 2. The predicted octanol–water partition coefficient (Wildman–Crippen LogP) is 1.61. The third-order valence-corrected chi connectivity index (χ3v) is 5.64. The zero-order valence-corrected chi connectivity index (χ0v) is 16.9. The Morgan fingerprint density at radius 2 is 1.71 bits per heavy atom. The summed E-state index contributed by atoms with van der Waals surface area (Å²) in [5, 5.41) is 10.6. The maximum Gasteiger partial charge on any atom is 0.349 e. The first-order valence-electron chi connectivity index (χ1n) is 9.58. The highest BCUT2D eigenvalue weighted by Gasteiger charge is 2.36. The lowest BCUT2D eigenvalue weighted by Gasteiger charge is -2.31. The summed E-state index contributed by atoms with van der Waals surface area (Å²) in [6, 6.07) is 3.93. The Labute approximate surface area is 179 Å². The van der Waals surface area contributed by atoms with Gasteiger partial charge in [0.25, 0.3) is 17.7 Å². The average Bonchev–Trinajstić information content (AvgIpc) is 3.06. The molecule has 4 rings (SSSR count). The summed E-state index contributed by atoms with van der Waals surface area (Å²) < 4.78 is 5.13. The largest absolute Gasteiger partial charge is 0.506 e. The van der Waals surface area contributed by atoms with Gasteiger partial charge in [-0.25, -0.2) is 9.59 Å². The summed E-state index contributed by atoms with van der Waals surface area (Å²) in [6.45, 7) is 0.350. The lowest BCUT2D eigenvalue weighted by molar-refractivity contribution is -0.201. The van der Waals surface area contributed by atoms with Gasteiger partial charge in [0.2, 0.25) is 0 Å². The Kier molecular flexibility index (Phi) is 5.40. The van der Waals surface area contributed by atoms with Crippen LogP contribution in [0.15, 0.2) is 27.4 Å². The summed E-state index contributed by atoms with van der Waals surface area (Å²) in [4.78, 5) is 66.9. The van der Waals surface area contributed by atoms with Crippen molar-refractivity contribution in [2.45, 2.75) is 25.7 Å². The zero-order chi connectivity index (χ0) is 22.3. The minimum absolute atomic E-state index is 0.0121. The number of aromatic hydroxyl groups is 1. The molecule has 0 radical (unpaired) electrons. The van der Waals surface area contributed by atoms with Gasteiger partial charge in [0.1, 0.15) is 16.9 Å². The molecule has 0 bridgehead atoms. The van der Waals surface area contributed by atoms with Gasteiger partial charge in [-0.2, -0.15) is 0 Å². The number of hydrogen-bond acceptors (Lipinski definition) is 8. The molecule has 0 saturated carbocycles. The fourth-order valence-corrected chi connectivity index (χ4v) is 3.76. The Morgan fingerprint density at radius 3 is 2.35 bits per heavy atom. The van der Waals surface area contributed by atoms with Crippen molar-refractivity contribution < 1.29 is 33.5 Å². The molecule has 0 unspecified atom stereocenters. The number of amides is 3. The maximum absolute atomic E-state index is 12.8. The van der Waals surface area contributed by atoms with Crippen molar-refractivity contribution in [2.24, 2.45) is 5.92 Å². The summed E-state index contributed by atoms with van der Waals surface area (Å²) >= 11 is 5.88. The molecule has 31 heavy (non-hydrogen) atoms. The van der Waals surface area contributed by atoms with Crippen molar-refractivity contribution in [3.8, 4) is 5.75 Å². The topological polar surface area (TPSA) is 134 Å². The molecule has 11 heteroatoms. The standard InChI is InChI=1S/C20H17ClN2O8/c21-13-8-11-7-12(20(29)30-15(11)9-14(13)24)18(27)22-5-3-10(4-6-22)19(28)31-23-16(25)1-2-17(23)26/h7-10,24H,1-6H2. The number of imide groups is 1. The van der Waals surface area contributed by atoms with Crippen LogP contribution in [-0.4, -0.2) is 51.9 Å². The molecule has 1 N–H and O–H groups in total. The Bertz CT molecular complexity index is 1150. The summed E-state index contributed by atoms with van der Waals surface area (Å²) in [6.07, 6.45) is 0.523. The van der Waals surface area contributed by atoms with E-state index < -0.39 is 35.2 Å².